The molecule has 1 aliphatic heterocycles. The van der Waals surface area contributed by atoms with Crippen LogP contribution >= 0.6 is 0 Å². The van der Waals surface area contributed by atoms with E-state index in [0.29, 0.717) is 0 Å². The standard InChI is InChI=1S/C6H13NOS.2C2H4O2.Zn/c9-6-3-7-1-4-8-5-2-7;2*1-2(3)4;/h9H,1-6H2;2*1H3,(H,3,4);/q;;;+2/p-1. The van der Waals surface area contributed by atoms with Gasteiger partial charge < -0.3 is 32.5 Å². The van der Waals surface area contributed by atoms with Gasteiger partial charge in [-0.2, -0.15) is 5.75 Å². The van der Waals surface area contributed by atoms with E-state index in [4.69, 9.17) is 37.2 Å². The van der Waals surface area contributed by atoms with Crippen LogP contribution in [0.1, 0.15) is 13.8 Å². The number of carboxylic acid groups (broad SMARTS) is 2. The fourth-order valence-corrected chi connectivity index (χ4v) is 1.21. The third-order valence-corrected chi connectivity index (χ3v) is 1.69. The van der Waals surface area contributed by atoms with Crippen LogP contribution in [0.2, 0.25) is 0 Å². The fourth-order valence-electron chi connectivity index (χ4n) is 0.954. The van der Waals surface area contributed by atoms with Crippen molar-refractivity contribution in [1.82, 2.24) is 4.90 Å². The van der Waals surface area contributed by atoms with Crippen molar-refractivity contribution in [3.63, 3.8) is 0 Å². The number of ether oxygens (including phenoxy) is 1. The van der Waals surface area contributed by atoms with Crippen molar-refractivity contribution in [3.05, 3.63) is 0 Å². The summed E-state index contributed by atoms with van der Waals surface area (Å²) in [5.41, 5.74) is 0. The van der Waals surface area contributed by atoms with Crippen LogP contribution in [0, 0.1) is 0 Å². The average Bonchev–Trinajstić information content (AvgIpc) is 2.18. The number of nitrogens with zero attached hydrogens (tertiary/aromatic N) is 1. The van der Waals surface area contributed by atoms with E-state index in [2.05, 4.69) is 4.90 Å². The quantitative estimate of drug-likeness (QED) is 0.546. The molecule has 1 rings (SSSR count). The van der Waals surface area contributed by atoms with Gasteiger partial charge in [0.15, 0.2) is 0 Å². The van der Waals surface area contributed by atoms with Crippen molar-refractivity contribution in [2.24, 2.45) is 0 Å². The van der Waals surface area contributed by atoms with Gasteiger partial charge in [-0.15, -0.1) is 0 Å². The Morgan fingerprint density at radius 1 is 1.17 bits per heavy atom. The first-order chi connectivity index (χ1) is 7.90. The molecule has 0 unspecified atom stereocenters. The average molecular weight is 332 g/mol. The van der Waals surface area contributed by atoms with Gasteiger partial charge in [0.05, 0.1) is 13.2 Å². The smallest absolute Gasteiger partial charge is 0.791 e. The molecule has 0 spiro atoms. The predicted octanol–water partition coefficient (Wildman–Crippen LogP) is 0.0448. The summed E-state index contributed by atoms with van der Waals surface area (Å²) in [7, 11) is 0. The Bertz CT molecular complexity index is 190. The maximum Gasteiger partial charge on any atom is 2.00 e. The number of rotatable bonds is 2. The summed E-state index contributed by atoms with van der Waals surface area (Å²) in [6.45, 7) is 7.12. The predicted molar refractivity (Wildman–Crippen MR) is 66.1 cm³/mol. The number of carboxylic acids is 2. The summed E-state index contributed by atoms with van der Waals surface area (Å²) in [6.07, 6.45) is 0. The fraction of sp³-hybridized carbons (Fsp3) is 0.800. The Morgan fingerprint density at radius 3 is 1.78 bits per heavy atom. The van der Waals surface area contributed by atoms with Gasteiger partial charge in [0.1, 0.15) is 0 Å². The van der Waals surface area contributed by atoms with Gasteiger partial charge in [-0.25, -0.2) is 0 Å². The van der Waals surface area contributed by atoms with E-state index in [1.54, 1.807) is 0 Å². The molecule has 0 saturated carbocycles. The SMILES string of the molecule is CC(=O)O.CC(=O)O.[S-]CCN1CCOCC1.[Zn+2]. The zero-order valence-electron chi connectivity index (χ0n) is 10.9. The minimum atomic E-state index is -0.833. The first-order valence-corrected chi connectivity index (χ1v) is 5.75. The molecule has 6 nitrogen and oxygen atoms in total. The number of aliphatic carboxylic acids is 2. The molecular weight excluding hydrogens is 312 g/mol. The Hall–Kier alpha value is -0.167. The second-order valence-electron chi connectivity index (χ2n) is 3.20. The molecule has 0 atom stereocenters. The molecule has 0 radical (unpaired) electrons. The molecule has 2 N–H and O–H groups in total. The molecule has 0 amide bonds. The molecule has 1 heterocycles. The maximum atomic E-state index is 9.00. The minimum absolute atomic E-state index is 0. The molecule has 0 aromatic heterocycles. The van der Waals surface area contributed by atoms with Crippen LogP contribution in [-0.2, 0) is 46.4 Å². The van der Waals surface area contributed by atoms with Gasteiger partial charge in [0, 0.05) is 26.9 Å². The van der Waals surface area contributed by atoms with Crippen LogP contribution in [0.5, 0.6) is 0 Å². The zero-order chi connectivity index (χ0) is 13.7. The number of carbonyl (C=O) groups is 2. The van der Waals surface area contributed by atoms with Crippen LogP contribution in [0.15, 0.2) is 0 Å². The Labute approximate surface area is 126 Å². The molecule has 0 aliphatic carbocycles. The molecule has 1 saturated heterocycles. The van der Waals surface area contributed by atoms with E-state index in [0.717, 1.165) is 52.4 Å². The van der Waals surface area contributed by atoms with Crippen LogP contribution in [-0.4, -0.2) is 65.7 Å². The van der Waals surface area contributed by atoms with E-state index < -0.39 is 11.9 Å². The normalized spacial score (nSPS) is 13.9. The molecule has 8 heteroatoms. The zero-order valence-corrected chi connectivity index (χ0v) is 14.7. The summed E-state index contributed by atoms with van der Waals surface area (Å²) in [5, 5.41) is 14.8. The maximum absolute atomic E-state index is 9.00. The van der Waals surface area contributed by atoms with Crippen LogP contribution in [0.3, 0.4) is 0 Å². The summed E-state index contributed by atoms with van der Waals surface area (Å²) in [4.78, 5) is 20.3. The summed E-state index contributed by atoms with van der Waals surface area (Å²) in [6, 6.07) is 0. The van der Waals surface area contributed by atoms with Gasteiger partial charge in [0.25, 0.3) is 11.9 Å². The number of hydrogen-bond donors (Lipinski definition) is 2. The van der Waals surface area contributed by atoms with E-state index in [-0.39, 0.29) is 19.5 Å². The molecule has 18 heavy (non-hydrogen) atoms. The van der Waals surface area contributed by atoms with Gasteiger partial charge >= 0.3 is 19.5 Å². The van der Waals surface area contributed by atoms with Gasteiger partial charge in [-0.1, -0.05) is 0 Å². The summed E-state index contributed by atoms with van der Waals surface area (Å²) < 4.78 is 5.17. The molecule has 102 valence electrons. The Balaban J connectivity index is -0.000000214. The molecular formula is C10H20NO5SZn+. The van der Waals surface area contributed by atoms with Crippen molar-refractivity contribution >= 4 is 24.6 Å². The van der Waals surface area contributed by atoms with Crippen LogP contribution in [0.4, 0.5) is 0 Å². The van der Waals surface area contributed by atoms with E-state index in [1.807, 2.05) is 0 Å². The van der Waals surface area contributed by atoms with Crippen molar-refractivity contribution in [2.45, 2.75) is 13.8 Å². The largest absolute Gasteiger partial charge is 2.00 e. The second-order valence-corrected chi connectivity index (χ2v) is 3.60. The monoisotopic (exact) mass is 330 g/mol. The van der Waals surface area contributed by atoms with Crippen LogP contribution in [0.25, 0.3) is 0 Å². The topological polar surface area (TPSA) is 87.1 Å². The van der Waals surface area contributed by atoms with Gasteiger partial charge in [-0.3, -0.25) is 9.59 Å². The number of hydrogen-bond acceptors (Lipinski definition) is 5. The molecule has 0 aromatic carbocycles. The van der Waals surface area contributed by atoms with Gasteiger partial charge in [-0.05, 0) is 6.54 Å². The van der Waals surface area contributed by atoms with Gasteiger partial charge in [0.2, 0.25) is 0 Å². The Kier molecular flexibility index (Phi) is 21.5. The first-order valence-electron chi connectivity index (χ1n) is 5.17. The Morgan fingerprint density at radius 2 is 1.50 bits per heavy atom. The minimum Gasteiger partial charge on any atom is -0.791 e. The molecule has 1 fully saturated rings. The summed E-state index contributed by atoms with van der Waals surface area (Å²) in [5.74, 6) is -0.819. The third-order valence-electron chi connectivity index (χ3n) is 1.51. The van der Waals surface area contributed by atoms with Crippen molar-refractivity contribution < 1.29 is 44.0 Å². The second kappa shape index (κ2) is 16.8. The van der Waals surface area contributed by atoms with Crippen molar-refractivity contribution in [3.8, 4) is 0 Å². The van der Waals surface area contributed by atoms with E-state index >= 15 is 0 Å². The van der Waals surface area contributed by atoms with Crippen LogP contribution < -0.4 is 0 Å². The first kappa shape index (κ1) is 23.0. The number of morpholine rings is 1. The molecule has 0 bridgehead atoms. The van der Waals surface area contributed by atoms with Crippen molar-refractivity contribution in [2.75, 3.05) is 38.6 Å². The third kappa shape index (κ3) is 29.7. The van der Waals surface area contributed by atoms with Crippen molar-refractivity contribution in [1.29, 1.82) is 0 Å². The van der Waals surface area contributed by atoms with E-state index in [9.17, 15) is 0 Å². The molecule has 1 aliphatic rings. The summed E-state index contributed by atoms with van der Waals surface area (Å²) >= 11 is 4.85. The van der Waals surface area contributed by atoms with E-state index in [1.165, 1.54) is 0 Å². The molecule has 0 aromatic rings.